The fourth-order valence-corrected chi connectivity index (χ4v) is 2.35. The molecule has 2 N–H and O–H groups in total. The SMILES string of the molecule is CCCCNCc1ccc(F)c(N2CCNCC2)c1. The zero-order valence-electron chi connectivity index (χ0n) is 11.7. The molecule has 1 aromatic carbocycles. The highest BCUT2D eigenvalue weighted by molar-refractivity contribution is 5.50. The summed E-state index contributed by atoms with van der Waals surface area (Å²) in [6.45, 7) is 7.64. The minimum Gasteiger partial charge on any atom is -0.367 e. The maximum Gasteiger partial charge on any atom is 0.146 e. The number of halogens is 1. The molecule has 2 rings (SSSR count). The molecule has 0 saturated carbocycles. The maximum absolute atomic E-state index is 13.9. The molecule has 106 valence electrons. The fraction of sp³-hybridized carbons (Fsp3) is 0.600. The molecule has 0 bridgehead atoms. The summed E-state index contributed by atoms with van der Waals surface area (Å²) in [6.07, 6.45) is 2.38. The Bertz CT molecular complexity index is 389. The summed E-state index contributed by atoms with van der Waals surface area (Å²) < 4.78 is 13.9. The van der Waals surface area contributed by atoms with Crippen LogP contribution in [0.3, 0.4) is 0 Å². The number of nitrogens with zero attached hydrogens (tertiary/aromatic N) is 1. The van der Waals surface area contributed by atoms with Crippen LogP contribution in [-0.2, 0) is 6.54 Å². The van der Waals surface area contributed by atoms with Crippen LogP contribution in [0.25, 0.3) is 0 Å². The highest BCUT2D eigenvalue weighted by atomic mass is 19.1. The minimum absolute atomic E-state index is 0.112. The second kappa shape index (κ2) is 7.46. The molecule has 0 radical (unpaired) electrons. The van der Waals surface area contributed by atoms with Crippen molar-refractivity contribution in [3.8, 4) is 0 Å². The molecule has 1 aliphatic heterocycles. The number of nitrogens with one attached hydrogen (secondary N) is 2. The van der Waals surface area contributed by atoms with Crippen LogP contribution in [0.5, 0.6) is 0 Å². The van der Waals surface area contributed by atoms with Crippen molar-refractivity contribution < 1.29 is 4.39 Å². The smallest absolute Gasteiger partial charge is 0.146 e. The highest BCUT2D eigenvalue weighted by Crippen LogP contribution is 2.21. The number of unbranched alkanes of at least 4 members (excludes halogenated alkanes) is 1. The zero-order valence-corrected chi connectivity index (χ0v) is 11.7. The van der Waals surface area contributed by atoms with Gasteiger partial charge in [0, 0.05) is 32.7 Å². The minimum atomic E-state index is -0.112. The van der Waals surface area contributed by atoms with Gasteiger partial charge < -0.3 is 15.5 Å². The van der Waals surface area contributed by atoms with Crippen LogP contribution in [0.15, 0.2) is 18.2 Å². The van der Waals surface area contributed by atoms with E-state index in [0.29, 0.717) is 0 Å². The predicted octanol–water partition coefficient (Wildman–Crippen LogP) is 2.12. The number of hydrogen-bond donors (Lipinski definition) is 2. The topological polar surface area (TPSA) is 27.3 Å². The summed E-state index contributed by atoms with van der Waals surface area (Å²) in [7, 11) is 0. The van der Waals surface area contributed by atoms with Crippen LogP contribution in [0.2, 0.25) is 0 Å². The number of anilines is 1. The second-order valence-electron chi connectivity index (χ2n) is 5.05. The summed E-state index contributed by atoms with van der Waals surface area (Å²) in [6, 6.07) is 5.45. The lowest BCUT2D eigenvalue weighted by molar-refractivity contribution is 0.565. The lowest BCUT2D eigenvalue weighted by atomic mass is 10.1. The van der Waals surface area contributed by atoms with E-state index in [-0.39, 0.29) is 5.82 Å². The van der Waals surface area contributed by atoms with Gasteiger partial charge in [0.1, 0.15) is 5.82 Å². The molecule has 4 heteroatoms. The van der Waals surface area contributed by atoms with Gasteiger partial charge in [-0.3, -0.25) is 0 Å². The Kier molecular flexibility index (Phi) is 5.61. The van der Waals surface area contributed by atoms with Crippen LogP contribution in [0.4, 0.5) is 10.1 Å². The average molecular weight is 265 g/mol. The van der Waals surface area contributed by atoms with Gasteiger partial charge in [-0.25, -0.2) is 4.39 Å². The van der Waals surface area contributed by atoms with Gasteiger partial charge >= 0.3 is 0 Å². The summed E-state index contributed by atoms with van der Waals surface area (Å²) in [5.74, 6) is -0.112. The molecule has 1 aliphatic rings. The molecule has 0 aliphatic carbocycles. The average Bonchev–Trinajstić information content (AvgIpc) is 2.46. The molecule has 3 nitrogen and oxygen atoms in total. The Morgan fingerprint density at radius 3 is 2.84 bits per heavy atom. The summed E-state index contributed by atoms with van der Waals surface area (Å²) >= 11 is 0. The third-order valence-corrected chi connectivity index (χ3v) is 3.50. The van der Waals surface area contributed by atoms with Crippen molar-refractivity contribution in [1.82, 2.24) is 10.6 Å². The van der Waals surface area contributed by atoms with E-state index in [2.05, 4.69) is 22.5 Å². The first-order valence-corrected chi connectivity index (χ1v) is 7.26. The van der Waals surface area contributed by atoms with Gasteiger partial charge in [0.2, 0.25) is 0 Å². The Balaban J connectivity index is 1.97. The molecular weight excluding hydrogens is 241 g/mol. The van der Waals surface area contributed by atoms with Crippen molar-refractivity contribution in [2.45, 2.75) is 26.3 Å². The molecule has 0 aromatic heterocycles. The third-order valence-electron chi connectivity index (χ3n) is 3.50. The molecule has 0 unspecified atom stereocenters. The highest BCUT2D eigenvalue weighted by Gasteiger charge is 2.14. The molecule has 19 heavy (non-hydrogen) atoms. The first-order chi connectivity index (χ1) is 9.31. The molecule has 1 heterocycles. The monoisotopic (exact) mass is 265 g/mol. The number of benzene rings is 1. The standard InChI is InChI=1S/C15H24FN3/c1-2-3-6-18-12-13-4-5-14(16)15(11-13)19-9-7-17-8-10-19/h4-5,11,17-18H,2-3,6-10,12H2,1H3. The molecule has 1 aromatic rings. The van der Waals surface area contributed by atoms with Crippen LogP contribution < -0.4 is 15.5 Å². The van der Waals surface area contributed by atoms with E-state index in [1.165, 1.54) is 12.8 Å². The van der Waals surface area contributed by atoms with Gasteiger partial charge in [0.25, 0.3) is 0 Å². The molecule has 0 spiro atoms. The van der Waals surface area contributed by atoms with Crippen molar-refractivity contribution in [2.75, 3.05) is 37.6 Å². The van der Waals surface area contributed by atoms with Crippen molar-refractivity contribution in [3.05, 3.63) is 29.6 Å². The van der Waals surface area contributed by atoms with Gasteiger partial charge in [-0.1, -0.05) is 19.4 Å². The van der Waals surface area contributed by atoms with Crippen molar-refractivity contribution in [3.63, 3.8) is 0 Å². The first-order valence-electron chi connectivity index (χ1n) is 7.26. The number of rotatable bonds is 6. The summed E-state index contributed by atoms with van der Waals surface area (Å²) in [4.78, 5) is 2.13. The van der Waals surface area contributed by atoms with E-state index < -0.39 is 0 Å². The van der Waals surface area contributed by atoms with Crippen molar-refractivity contribution in [1.29, 1.82) is 0 Å². The van der Waals surface area contributed by atoms with Gasteiger partial charge in [-0.2, -0.15) is 0 Å². The molecule has 1 fully saturated rings. The first kappa shape index (κ1) is 14.3. The van der Waals surface area contributed by atoms with Crippen molar-refractivity contribution in [2.24, 2.45) is 0 Å². The second-order valence-corrected chi connectivity index (χ2v) is 5.05. The summed E-state index contributed by atoms with van der Waals surface area (Å²) in [5.41, 5.74) is 1.90. The predicted molar refractivity (Wildman–Crippen MR) is 78.1 cm³/mol. The normalized spacial score (nSPS) is 15.8. The number of piperazine rings is 1. The van der Waals surface area contributed by atoms with Crippen LogP contribution in [0.1, 0.15) is 25.3 Å². The Hall–Kier alpha value is -1.13. The molecule has 0 amide bonds. The summed E-state index contributed by atoms with van der Waals surface area (Å²) in [5, 5.41) is 6.69. The Morgan fingerprint density at radius 1 is 1.32 bits per heavy atom. The van der Waals surface area contributed by atoms with Gasteiger partial charge in [0.05, 0.1) is 5.69 Å². The molecule has 1 saturated heterocycles. The van der Waals surface area contributed by atoms with Crippen molar-refractivity contribution >= 4 is 5.69 Å². The molecular formula is C15H24FN3. The third kappa shape index (κ3) is 4.18. The van der Waals surface area contributed by atoms with Crippen LogP contribution in [0, 0.1) is 5.82 Å². The Labute approximate surface area is 115 Å². The zero-order chi connectivity index (χ0) is 13.5. The van der Waals surface area contributed by atoms with Gasteiger partial charge in [-0.05, 0) is 30.7 Å². The Morgan fingerprint density at radius 2 is 2.11 bits per heavy atom. The van der Waals surface area contributed by atoms with E-state index in [1.54, 1.807) is 6.07 Å². The molecule has 0 atom stereocenters. The van der Waals surface area contributed by atoms with Gasteiger partial charge in [0.15, 0.2) is 0 Å². The number of hydrogen-bond acceptors (Lipinski definition) is 3. The van der Waals surface area contributed by atoms with E-state index in [9.17, 15) is 4.39 Å². The largest absolute Gasteiger partial charge is 0.367 e. The van der Waals surface area contributed by atoms with E-state index in [0.717, 1.165) is 50.5 Å². The van der Waals surface area contributed by atoms with Gasteiger partial charge in [-0.15, -0.1) is 0 Å². The van der Waals surface area contributed by atoms with E-state index in [4.69, 9.17) is 0 Å². The fourth-order valence-electron chi connectivity index (χ4n) is 2.35. The quantitative estimate of drug-likeness (QED) is 0.772. The van der Waals surface area contributed by atoms with E-state index >= 15 is 0 Å². The van der Waals surface area contributed by atoms with Crippen LogP contribution >= 0.6 is 0 Å². The van der Waals surface area contributed by atoms with Crippen LogP contribution in [-0.4, -0.2) is 32.7 Å². The lowest BCUT2D eigenvalue weighted by Crippen LogP contribution is -2.43. The van der Waals surface area contributed by atoms with E-state index in [1.807, 2.05) is 12.1 Å². The lowest BCUT2D eigenvalue weighted by Gasteiger charge is -2.30. The maximum atomic E-state index is 13.9.